The highest BCUT2D eigenvalue weighted by atomic mass is 16.1. The summed E-state index contributed by atoms with van der Waals surface area (Å²) in [5.41, 5.74) is 2.96. The van der Waals surface area contributed by atoms with Crippen molar-refractivity contribution < 1.29 is 9.59 Å². The number of ketones is 2. The summed E-state index contributed by atoms with van der Waals surface area (Å²) < 4.78 is 0. The van der Waals surface area contributed by atoms with Gasteiger partial charge in [0.2, 0.25) is 0 Å². The van der Waals surface area contributed by atoms with E-state index in [4.69, 9.17) is 4.98 Å². The molecule has 3 nitrogen and oxygen atoms in total. The molecule has 3 heteroatoms. The standard InChI is InChI=1S/C26H21NO2/c28-25(20-10-3-1-4-11-20)17-22(18-26(29)21-12-5-2-6-13-21)24-16-15-19-9-7-8-14-23(19)27-24/h1-16,22H,17-18H2. The van der Waals surface area contributed by atoms with Crippen LogP contribution in [0.1, 0.15) is 45.2 Å². The maximum Gasteiger partial charge on any atom is 0.163 e. The highest BCUT2D eigenvalue weighted by Crippen LogP contribution is 2.27. The van der Waals surface area contributed by atoms with Crippen LogP contribution in [0.3, 0.4) is 0 Å². The minimum atomic E-state index is -0.278. The number of para-hydroxylation sites is 1. The predicted molar refractivity (Wildman–Crippen MR) is 115 cm³/mol. The molecule has 0 N–H and O–H groups in total. The predicted octanol–water partition coefficient (Wildman–Crippen LogP) is 5.86. The lowest BCUT2D eigenvalue weighted by Gasteiger charge is -2.16. The molecule has 0 radical (unpaired) electrons. The van der Waals surface area contributed by atoms with Gasteiger partial charge in [0.1, 0.15) is 0 Å². The number of carbonyl (C=O) groups excluding carboxylic acids is 2. The van der Waals surface area contributed by atoms with Crippen molar-refractivity contribution in [1.82, 2.24) is 4.98 Å². The van der Waals surface area contributed by atoms with Gasteiger partial charge in [-0.1, -0.05) is 84.9 Å². The summed E-state index contributed by atoms with van der Waals surface area (Å²) in [6.07, 6.45) is 0.488. The van der Waals surface area contributed by atoms with Crippen LogP contribution in [0.25, 0.3) is 10.9 Å². The van der Waals surface area contributed by atoms with Crippen molar-refractivity contribution in [3.8, 4) is 0 Å². The Hall–Kier alpha value is -3.59. The first kappa shape index (κ1) is 18.8. The number of benzene rings is 3. The zero-order valence-corrected chi connectivity index (χ0v) is 16.0. The first-order chi connectivity index (χ1) is 14.2. The molecule has 0 saturated carbocycles. The number of fused-ring (bicyclic) bond motifs is 1. The van der Waals surface area contributed by atoms with Gasteiger partial charge in [0.05, 0.1) is 5.52 Å². The monoisotopic (exact) mass is 379 g/mol. The molecular weight excluding hydrogens is 358 g/mol. The van der Waals surface area contributed by atoms with Gasteiger partial charge in [-0.15, -0.1) is 0 Å². The fourth-order valence-corrected chi connectivity index (χ4v) is 3.52. The van der Waals surface area contributed by atoms with Gasteiger partial charge in [0.25, 0.3) is 0 Å². The summed E-state index contributed by atoms with van der Waals surface area (Å²) in [5, 5.41) is 1.04. The summed E-state index contributed by atoms with van der Waals surface area (Å²) in [7, 11) is 0. The minimum Gasteiger partial charge on any atom is -0.294 e. The summed E-state index contributed by atoms with van der Waals surface area (Å²) in [4.78, 5) is 30.5. The molecule has 29 heavy (non-hydrogen) atoms. The van der Waals surface area contributed by atoms with Gasteiger partial charge in [-0.2, -0.15) is 0 Å². The molecule has 0 saturated heterocycles. The van der Waals surface area contributed by atoms with Crippen LogP contribution in [0.2, 0.25) is 0 Å². The third-order valence-electron chi connectivity index (χ3n) is 5.09. The Labute approximate surface area is 170 Å². The lowest BCUT2D eigenvalue weighted by Crippen LogP contribution is -2.14. The Morgan fingerprint density at radius 1 is 0.621 bits per heavy atom. The van der Waals surface area contributed by atoms with Gasteiger partial charge in [-0.05, 0) is 12.1 Å². The van der Waals surface area contributed by atoms with E-state index in [1.165, 1.54) is 0 Å². The SMILES string of the molecule is O=C(CC(CC(=O)c1ccccc1)c1ccc2ccccc2n1)c1ccccc1. The van der Waals surface area contributed by atoms with Crippen molar-refractivity contribution >= 4 is 22.5 Å². The first-order valence-corrected chi connectivity index (χ1v) is 9.73. The molecule has 1 heterocycles. The normalized spacial score (nSPS) is 10.9. The van der Waals surface area contributed by atoms with Crippen LogP contribution in [-0.2, 0) is 0 Å². The molecule has 0 atom stereocenters. The summed E-state index contributed by atoms with van der Waals surface area (Å²) in [5.74, 6) is -0.238. The van der Waals surface area contributed by atoms with Crippen molar-refractivity contribution in [2.24, 2.45) is 0 Å². The zero-order valence-electron chi connectivity index (χ0n) is 16.0. The molecule has 0 aliphatic heterocycles. The maximum absolute atomic E-state index is 12.9. The molecule has 4 rings (SSSR count). The maximum atomic E-state index is 12.9. The van der Waals surface area contributed by atoms with Gasteiger partial charge in [0.15, 0.2) is 11.6 Å². The molecule has 0 aliphatic rings. The summed E-state index contributed by atoms with van der Waals surface area (Å²) in [6.45, 7) is 0. The molecule has 0 fully saturated rings. The van der Waals surface area contributed by atoms with Gasteiger partial charge in [-0.25, -0.2) is 0 Å². The summed E-state index contributed by atoms with van der Waals surface area (Å²) in [6, 6.07) is 30.2. The third-order valence-corrected chi connectivity index (χ3v) is 5.09. The highest BCUT2D eigenvalue weighted by molar-refractivity contribution is 5.99. The molecule has 3 aromatic carbocycles. The average Bonchev–Trinajstić information content (AvgIpc) is 2.79. The van der Waals surface area contributed by atoms with E-state index in [9.17, 15) is 9.59 Å². The van der Waals surface area contributed by atoms with Crippen LogP contribution >= 0.6 is 0 Å². The number of Topliss-reactive ketones (excluding diaryl/α,β-unsaturated/α-hetero) is 2. The zero-order chi connectivity index (χ0) is 20.1. The number of hydrogen-bond donors (Lipinski definition) is 0. The smallest absolute Gasteiger partial charge is 0.163 e. The number of nitrogens with zero attached hydrogens (tertiary/aromatic N) is 1. The van der Waals surface area contributed by atoms with E-state index in [0.29, 0.717) is 11.1 Å². The lowest BCUT2D eigenvalue weighted by molar-refractivity contribution is 0.0943. The quantitative estimate of drug-likeness (QED) is 0.378. The number of hydrogen-bond acceptors (Lipinski definition) is 3. The Bertz CT molecular complexity index is 1080. The molecule has 0 spiro atoms. The van der Waals surface area contributed by atoms with Crippen LogP contribution in [0.4, 0.5) is 0 Å². The van der Waals surface area contributed by atoms with Crippen molar-refractivity contribution in [3.05, 3.63) is 114 Å². The van der Waals surface area contributed by atoms with E-state index in [1.807, 2.05) is 97.1 Å². The van der Waals surface area contributed by atoms with Crippen molar-refractivity contribution in [2.75, 3.05) is 0 Å². The molecule has 142 valence electrons. The minimum absolute atomic E-state index is 0.0198. The van der Waals surface area contributed by atoms with E-state index < -0.39 is 0 Å². The van der Waals surface area contributed by atoms with Crippen molar-refractivity contribution in [1.29, 1.82) is 0 Å². The van der Waals surface area contributed by atoms with Crippen LogP contribution in [0.15, 0.2) is 97.1 Å². The molecule has 0 bridgehead atoms. The second kappa shape index (κ2) is 8.61. The largest absolute Gasteiger partial charge is 0.294 e. The number of pyridine rings is 1. The molecule has 1 aromatic heterocycles. The fraction of sp³-hybridized carbons (Fsp3) is 0.115. The second-order valence-electron chi connectivity index (χ2n) is 7.11. The van der Waals surface area contributed by atoms with E-state index in [0.717, 1.165) is 16.6 Å². The van der Waals surface area contributed by atoms with E-state index in [-0.39, 0.29) is 30.3 Å². The van der Waals surface area contributed by atoms with Crippen LogP contribution in [-0.4, -0.2) is 16.6 Å². The van der Waals surface area contributed by atoms with Gasteiger partial charge < -0.3 is 0 Å². The molecule has 0 amide bonds. The number of carbonyl (C=O) groups is 2. The van der Waals surface area contributed by atoms with E-state index in [2.05, 4.69) is 0 Å². The lowest BCUT2D eigenvalue weighted by atomic mass is 9.88. The number of aromatic nitrogens is 1. The average molecular weight is 379 g/mol. The van der Waals surface area contributed by atoms with Gasteiger partial charge in [-0.3, -0.25) is 14.6 Å². The number of rotatable bonds is 7. The summed E-state index contributed by atoms with van der Waals surface area (Å²) >= 11 is 0. The molecule has 0 aliphatic carbocycles. The van der Waals surface area contributed by atoms with Crippen molar-refractivity contribution in [2.45, 2.75) is 18.8 Å². The molecule has 0 unspecified atom stereocenters. The topological polar surface area (TPSA) is 47.0 Å². The molecular formula is C26H21NO2. The fourth-order valence-electron chi connectivity index (χ4n) is 3.52. The van der Waals surface area contributed by atoms with E-state index in [1.54, 1.807) is 0 Å². The van der Waals surface area contributed by atoms with E-state index >= 15 is 0 Å². The first-order valence-electron chi connectivity index (χ1n) is 9.73. The van der Waals surface area contributed by atoms with Crippen LogP contribution in [0.5, 0.6) is 0 Å². The second-order valence-corrected chi connectivity index (χ2v) is 7.11. The molecule has 4 aromatic rings. The Morgan fingerprint density at radius 3 is 1.72 bits per heavy atom. The van der Waals surface area contributed by atoms with Crippen molar-refractivity contribution in [3.63, 3.8) is 0 Å². The third kappa shape index (κ3) is 4.46. The van der Waals surface area contributed by atoms with Crippen LogP contribution < -0.4 is 0 Å². The highest BCUT2D eigenvalue weighted by Gasteiger charge is 2.22. The van der Waals surface area contributed by atoms with Crippen LogP contribution in [0, 0.1) is 0 Å². The van der Waals surface area contributed by atoms with Gasteiger partial charge >= 0.3 is 0 Å². The Balaban J connectivity index is 1.65. The Morgan fingerprint density at radius 2 is 1.14 bits per heavy atom. The Kier molecular flexibility index (Phi) is 5.57. The van der Waals surface area contributed by atoms with Gasteiger partial charge in [0, 0.05) is 41.0 Å².